The number of benzene rings is 1. The van der Waals surface area contributed by atoms with Crippen LogP contribution >= 0.6 is 38.9 Å². The lowest BCUT2D eigenvalue weighted by atomic mass is 10.2. The number of urea groups is 1. The Hall–Kier alpha value is -2.16. The van der Waals surface area contributed by atoms with Gasteiger partial charge in [-0.15, -0.1) is 11.3 Å². The third kappa shape index (κ3) is 5.42. The van der Waals surface area contributed by atoms with Crippen molar-refractivity contribution in [2.75, 3.05) is 10.6 Å². The number of nitrogens with one attached hydrogen (secondary N) is 3. The number of aromatic nitrogens is 2. The monoisotopic (exact) mass is 451 g/mol. The van der Waals surface area contributed by atoms with Gasteiger partial charge in [0.2, 0.25) is 5.28 Å². The first kappa shape index (κ1) is 18.6. The molecular formula is C17H15BrClN5OS. The van der Waals surface area contributed by atoms with Crippen LogP contribution in [0.2, 0.25) is 5.28 Å². The molecule has 0 aliphatic rings. The first-order chi connectivity index (χ1) is 12.5. The topological polar surface area (TPSA) is 78.9 Å². The number of rotatable bonds is 5. The maximum Gasteiger partial charge on any atom is 0.319 e. The van der Waals surface area contributed by atoms with Gasteiger partial charge in [0.25, 0.3) is 0 Å². The van der Waals surface area contributed by atoms with Crippen molar-refractivity contribution < 1.29 is 4.79 Å². The molecule has 9 heteroatoms. The van der Waals surface area contributed by atoms with Crippen LogP contribution in [0, 0.1) is 6.92 Å². The predicted molar refractivity (Wildman–Crippen MR) is 109 cm³/mol. The lowest BCUT2D eigenvalue weighted by Gasteiger charge is -2.09. The molecule has 3 N–H and O–H groups in total. The number of hydrogen-bond acceptors (Lipinski definition) is 5. The Kier molecular flexibility index (Phi) is 6.08. The predicted octanol–water partition coefficient (Wildman–Crippen LogP) is 5.33. The van der Waals surface area contributed by atoms with E-state index in [1.54, 1.807) is 29.5 Å². The van der Waals surface area contributed by atoms with E-state index in [1.807, 2.05) is 30.5 Å². The fraction of sp³-hybridized carbons (Fsp3) is 0.118. The minimum absolute atomic E-state index is 0.195. The minimum Gasteiger partial charge on any atom is -0.340 e. The summed E-state index contributed by atoms with van der Waals surface area (Å²) >= 11 is 10.8. The van der Waals surface area contributed by atoms with Gasteiger partial charge in [-0.3, -0.25) is 0 Å². The highest BCUT2D eigenvalue weighted by Crippen LogP contribution is 2.20. The number of anilines is 3. The van der Waals surface area contributed by atoms with Crippen molar-refractivity contribution in [3.63, 3.8) is 0 Å². The molecule has 0 fully saturated rings. The second-order valence-corrected chi connectivity index (χ2v) is 7.65. The van der Waals surface area contributed by atoms with E-state index in [4.69, 9.17) is 11.6 Å². The summed E-state index contributed by atoms with van der Waals surface area (Å²) in [5.74, 6) is 0.614. The highest BCUT2D eigenvalue weighted by atomic mass is 79.9. The van der Waals surface area contributed by atoms with Crippen molar-refractivity contribution in [3.8, 4) is 0 Å². The lowest BCUT2D eigenvalue weighted by molar-refractivity contribution is 0.252. The molecule has 0 saturated carbocycles. The van der Waals surface area contributed by atoms with Gasteiger partial charge in [0.05, 0.1) is 6.54 Å². The number of amides is 2. The van der Waals surface area contributed by atoms with Crippen molar-refractivity contribution in [2.24, 2.45) is 0 Å². The molecule has 26 heavy (non-hydrogen) atoms. The number of halogens is 2. The fourth-order valence-corrected chi connectivity index (χ4v) is 3.79. The molecule has 3 rings (SSSR count). The zero-order valence-corrected chi connectivity index (χ0v) is 16.9. The van der Waals surface area contributed by atoms with Crippen molar-refractivity contribution in [2.45, 2.75) is 13.5 Å². The number of hydrogen-bond donors (Lipinski definition) is 3. The van der Waals surface area contributed by atoms with Crippen LogP contribution in [0.15, 0.2) is 46.3 Å². The molecule has 0 aliphatic carbocycles. The number of carbonyl (C=O) groups excluding carboxylic acids is 1. The van der Waals surface area contributed by atoms with Crippen molar-refractivity contribution in [1.29, 1.82) is 0 Å². The average Bonchev–Trinajstić information content (AvgIpc) is 2.99. The highest BCUT2D eigenvalue weighted by molar-refractivity contribution is 9.10. The average molecular weight is 453 g/mol. The summed E-state index contributed by atoms with van der Waals surface area (Å²) in [4.78, 5) is 21.2. The fourth-order valence-electron chi connectivity index (χ4n) is 2.17. The first-order valence-corrected chi connectivity index (χ1v) is 9.69. The molecule has 0 aliphatic heterocycles. The number of thiophene rings is 1. The normalized spacial score (nSPS) is 10.4. The molecule has 0 bridgehead atoms. The van der Waals surface area contributed by atoms with Gasteiger partial charge >= 0.3 is 6.03 Å². The zero-order chi connectivity index (χ0) is 18.5. The summed E-state index contributed by atoms with van der Waals surface area (Å²) in [6.07, 6.45) is 0. The van der Waals surface area contributed by atoms with Crippen LogP contribution in [0.4, 0.5) is 22.0 Å². The van der Waals surface area contributed by atoms with E-state index in [1.165, 1.54) is 0 Å². The lowest BCUT2D eigenvalue weighted by Crippen LogP contribution is -2.27. The summed E-state index contributed by atoms with van der Waals surface area (Å²) in [6.45, 7) is 2.33. The number of nitrogens with zero attached hydrogens (tertiary/aromatic N) is 2. The van der Waals surface area contributed by atoms with Gasteiger partial charge < -0.3 is 16.0 Å². The molecule has 2 heterocycles. The highest BCUT2D eigenvalue weighted by Gasteiger charge is 2.05. The molecule has 6 nitrogen and oxygen atoms in total. The van der Waals surface area contributed by atoms with Crippen molar-refractivity contribution in [1.82, 2.24) is 15.3 Å². The van der Waals surface area contributed by atoms with E-state index in [-0.39, 0.29) is 11.3 Å². The number of carbonyl (C=O) groups is 1. The standard InChI is InChI=1S/C17H15BrClN5OS/c1-10-6-15(24-16(19)21-10)22-12-2-4-13(5-3-12)23-17(25)20-8-14-7-11(18)9-26-14/h2-7,9H,8H2,1H3,(H2,20,23,25)(H,21,22,24). The van der Waals surface area contributed by atoms with Crippen molar-refractivity contribution >= 4 is 62.1 Å². The zero-order valence-electron chi connectivity index (χ0n) is 13.7. The molecule has 3 aromatic rings. The van der Waals surface area contributed by atoms with E-state index in [0.717, 1.165) is 20.7 Å². The maximum absolute atomic E-state index is 12.0. The summed E-state index contributed by atoms with van der Waals surface area (Å²) in [5.41, 5.74) is 2.30. The Balaban J connectivity index is 1.54. The molecule has 0 spiro atoms. The quantitative estimate of drug-likeness (QED) is 0.457. The second kappa shape index (κ2) is 8.48. The van der Waals surface area contributed by atoms with E-state index >= 15 is 0 Å². The molecule has 2 aromatic heterocycles. The molecule has 1 aromatic carbocycles. The van der Waals surface area contributed by atoms with E-state index in [9.17, 15) is 4.79 Å². The van der Waals surface area contributed by atoms with Gasteiger partial charge in [-0.2, -0.15) is 0 Å². The molecule has 0 atom stereocenters. The second-order valence-electron chi connectivity index (χ2n) is 5.40. The maximum atomic E-state index is 12.0. The van der Waals surface area contributed by atoms with Crippen LogP contribution in [0.3, 0.4) is 0 Å². The largest absolute Gasteiger partial charge is 0.340 e. The van der Waals surface area contributed by atoms with Gasteiger partial charge in [0.1, 0.15) is 5.82 Å². The van der Waals surface area contributed by atoms with Gasteiger partial charge in [-0.25, -0.2) is 14.8 Å². The van der Waals surface area contributed by atoms with Crippen LogP contribution < -0.4 is 16.0 Å². The van der Waals surface area contributed by atoms with Crippen LogP contribution in [0.25, 0.3) is 0 Å². The summed E-state index contributed by atoms with van der Waals surface area (Å²) in [5, 5.41) is 10.9. The molecule has 0 saturated heterocycles. The number of aryl methyl sites for hydroxylation is 1. The summed E-state index contributed by atoms with van der Waals surface area (Å²) in [7, 11) is 0. The van der Waals surface area contributed by atoms with Gasteiger partial charge in [-0.1, -0.05) is 0 Å². The smallest absolute Gasteiger partial charge is 0.319 e. The third-order valence-electron chi connectivity index (χ3n) is 3.29. The van der Waals surface area contributed by atoms with Gasteiger partial charge in [0, 0.05) is 37.9 Å². The van der Waals surface area contributed by atoms with Crippen molar-refractivity contribution in [3.05, 3.63) is 62.1 Å². The summed E-state index contributed by atoms with van der Waals surface area (Å²) < 4.78 is 1.02. The third-order valence-corrected chi connectivity index (χ3v) is 5.15. The SMILES string of the molecule is Cc1cc(Nc2ccc(NC(=O)NCc3cc(Br)cs3)cc2)nc(Cl)n1. The Morgan fingerprint density at radius 1 is 1.19 bits per heavy atom. The minimum atomic E-state index is -0.256. The van der Waals surface area contributed by atoms with Crippen LogP contribution in [0.1, 0.15) is 10.6 Å². The first-order valence-electron chi connectivity index (χ1n) is 7.64. The molecular weight excluding hydrogens is 438 g/mol. The molecule has 0 unspecified atom stereocenters. The molecule has 2 amide bonds. The van der Waals surface area contributed by atoms with Gasteiger partial charge in [0.15, 0.2) is 0 Å². The summed E-state index contributed by atoms with van der Waals surface area (Å²) in [6, 6.07) is 10.8. The molecule has 134 valence electrons. The van der Waals surface area contributed by atoms with Crippen LogP contribution in [0.5, 0.6) is 0 Å². The van der Waals surface area contributed by atoms with Crippen LogP contribution in [-0.2, 0) is 6.54 Å². The Labute approximate surface area is 168 Å². The van der Waals surface area contributed by atoms with E-state index in [0.29, 0.717) is 18.1 Å². The van der Waals surface area contributed by atoms with Crippen LogP contribution in [-0.4, -0.2) is 16.0 Å². The Bertz CT molecular complexity index is 896. The molecule has 0 radical (unpaired) electrons. The van der Waals surface area contributed by atoms with E-state index < -0.39 is 0 Å². The van der Waals surface area contributed by atoms with Gasteiger partial charge in [-0.05, 0) is 64.8 Å². The van der Waals surface area contributed by atoms with E-state index in [2.05, 4.69) is 41.8 Å². The Morgan fingerprint density at radius 2 is 1.92 bits per heavy atom. The Morgan fingerprint density at radius 3 is 2.58 bits per heavy atom.